The van der Waals surface area contributed by atoms with Gasteiger partial charge in [-0.1, -0.05) is 19.3 Å². The molecule has 0 amide bonds. The lowest BCUT2D eigenvalue weighted by Crippen LogP contribution is -2.35. The van der Waals surface area contributed by atoms with Gasteiger partial charge in [0.2, 0.25) is 0 Å². The molecule has 0 radical (unpaired) electrons. The van der Waals surface area contributed by atoms with E-state index in [9.17, 15) is 46.6 Å². The third kappa shape index (κ3) is 7.39. The standard InChI is InChI=1S/C27H30F6N4O4/c28-26(29,30)20-4-6-22(24(16-20)36(38)39)34-12-8-18(9-13-34)2-1-3-19-10-14-35(15-11-19)23-7-5-21(27(31,32)33)17-25(23)37(40)41/h4-7,16-19H,1-3,8-15H2. The van der Waals surface area contributed by atoms with E-state index in [0.29, 0.717) is 50.1 Å². The number of piperidine rings is 2. The fourth-order valence-corrected chi connectivity index (χ4v) is 5.85. The van der Waals surface area contributed by atoms with Gasteiger partial charge in [0.05, 0.1) is 21.0 Å². The van der Waals surface area contributed by atoms with Gasteiger partial charge in [0.1, 0.15) is 11.4 Å². The first kappa shape index (κ1) is 30.4. The highest BCUT2D eigenvalue weighted by Crippen LogP contribution is 2.40. The van der Waals surface area contributed by atoms with Crippen molar-refractivity contribution in [3.63, 3.8) is 0 Å². The smallest absolute Gasteiger partial charge is 0.366 e. The van der Waals surface area contributed by atoms with Gasteiger partial charge < -0.3 is 9.80 Å². The lowest BCUT2D eigenvalue weighted by Gasteiger charge is -2.35. The van der Waals surface area contributed by atoms with Gasteiger partial charge in [-0.2, -0.15) is 26.3 Å². The first-order valence-corrected chi connectivity index (χ1v) is 13.4. The molecule has 41 heavy (non-hydrogen) atoms. The molecule has 2 saturated heterocycles. The average Bonchev–Trinajstić information content (AvgIpc) is 2.92. The molecule has 0 unspecified atom stereocenters. The molecular formula is C27H30F6N4O4. The summed E-state index contributed by atoms with van der Waals surface area (Å²) < 4.78 is 78.0. The van der Waals surface area contributed by atoms with Crippen molar-refractivity contribution in [1.82, 2.24) is 0 Å². The van der Waals surface area contributed by atoms with E-state index in [1.54, 1.807) is 9.80 Å². The van der Waals surface area contributed by atoms with Gasteiger partial charge in [0, 0.05) is 38.3 Å². The SMILES string of the molecule is O=[N+]([O-])c1cc(C(F)(F)F)ccc1N1CCC(CCCC2CCN(c3ccc(C(F)(F)F)cc3[N+](=O)[O-])CC2)CC1. The van der Waals surface area contributed by atoms with Crippen LogP contribution >= 0.6 is 0 Å². The lowest BCUT2D eigenvalue weighted by molar-refractivity contribution is -0.384. The summed E-state index contributed by atoms with van der Waals surface area (Å²) >= 11 is 0. The van der Waals surface area contributed by atoms with Crippen LogP contribution in [0.2, 0.25) is 0 Å². The quantitative estimate of drug-likeness (QED) is 0.177. The fraction of sp³-hybridized carbons (Fsp3) is 0.556. The maximum absolute atomic E-state index is 13.0. The van der Waals surface area contributed by atoms with Gasteiger partial charge in [-0.3, -0.25) is 20.2 Å². The van der Waals surface area contributed by atoms with E-state index in [4.69, 9.17) is 0 Å². The molecule has 8 nitrogen and oxygen atoms in total. The van der Waals surface area contributed by atoms with E-state index < -0.39 is 44.7 Å². The van der Waals surface area contributed by atoms with E-state index in [2.05, 4.69) is 0 Å². The molecule has 224 valence electrons. The molecule has 0 atom stereocenters. The molecule has 2 heterocycles. The van der Waals surface area contributed by atoms with Crippen molar-refractivity contribution in [2.24, 2.45) is 11.8 Å². The molecule has 2 fully saturated rings. The Kier molecular flexibility index (Phi) is 8.97. The molecule has 0 saturated carbocycles. The summed E-state index contributed by atoms with van der Waals surface area (Å²) in [5.41, 5.74) is -2.81. The van der Waals surface area contributed by atoms with E-state index >= 15 is 0 Å². The monoisotopic (exact) mass is 588 g/mol. The van der Waals surface area contributed by atoms with Crippen LogP contribution in [0, 0.1) is 32.1 Å². The highest BCUT2D eigenvalue weighted by molar-refractivity contribution is 5.65. The van der Waals surface area contributed by atoms with Crippen LogP contribution in [-0.4, -0.2) is 36.0 Å². The van der Waals surface area contributed by atoms with Gasteiger partial charge in [0.15, 0.2) is 0 Å². The summed E-state index contributed by atoms with van der Waals surface area (Å²) in [6.07, 6.45) is -3.37. The minimum atomic E-state index is -4.66. The van der Waals surface area contributed by atoms with E-state index in [1.165, 1.54) is 12.1 Å². The Balaban J connectivity index is 1.24. The summed E-state index contributed by atoms with van der Waals surface area (Å²) in [6.45, 7) is 2.06. The van der Waals surface area contributed by atoms with Crippen molar-refractivity contribution in [3.8, 4) is 0 Å². The fourth-order valence-electron chi connectivity index (χ4n) is 5.85. The highest BCUT2D eigenvalue weighted by atomic mass is 19.4. The van der Waals surface area contributed by atoms with Crippen molar-refractivity contribution in [2.45, 2.75) is 57.3 Å². The summed E-state index contributed by atoms with van der Waals surface area (Å²) in [5, 5.41) is 22.9. The Morgan fingerprint density at radius 2 is 1.00 bits per heavy atom. The lowest BCUT2D eigenvalue weighted by atomic mass is 9.86. The summed E-state index contributed by atoms with van der Waals surface area (Å²) in [7, 11) is 0. The maximum Gasteiger partial charge on any atom is 0.416 e. The van der Waals surface area contributed by atoms with Crippen LogP contribution in [0.1, 0.15) is 56.1 Å². The van der Waals surface area contributed by atoms with Gasteiger partial charge in [0.25, 0.3) is 11.4 Å². The molecule has 2 aliphatic heterocycles. The summed E-state index contributed by atoms with van der Waals surface area (Å²) in [4.78, 5) is 24.8. The molecule has 2 aromatic rings. The Morgan fingerprint density at radius 3 is 1.29 bits per heavy atom. The largest absolute Gasteiger partial charge is 0.416 e. The van der Waals surface area contributed by atoms with E-state index in [-0.39, 0.29) is 11.4 Å². The second-order valence-corrected chi connectivity index (χ2v) is 10.7. The number of nitro groups is 2. The van der Waals surface area contributed by atoms with E-state index in [1.807, 2.05) is 0 Å². The van der Waals surface area contributed by atoms with Gasteiger partial charge in [-0.05, 0) is 61.8 Å². The number of hydrogen-bond donors (Lipinski definition) is 0. The number of rotatable bonds is 8. The number of halogens is 6. The zero-order chi connectivity index (χ0) is 29.9. The number of hydrogen-bond acceptors (Lipinski definition) is 6. The second-order valence-electron chi connectivity index (χ2n) is 10.7. The third-order valence-corrected chi connectivity index (χ3v) is 8.13. The molecule has 0 N–H and O–H groups in total. The third-order valence-electron chi connectivity index (χ3n) is 8.13. The van der Waals surface area contributed by atoms with Gasteiger partial charge >= 0.3 is 12.4 Å². The van der Waals surface area contributed by atoms with Crippen LogP contribution in [0.25, 0.3) is 0 Å². The Hall–Kier alpha value is -3.58. The zero-order valence-electron chi connectivity index (χ0n) is 22.1. The predicted octanol–water partition coefficient (Wildman–Crippen LogP) is 7.84. The number of benzene rings is 2. The Bertz CT molecular complexity index is 1160. The van der Waals surface area contributed by atoms with Crippen molar-refractivity contribution < 1.29 is 36.2 Å². The molecule has 0 aromatic heterocycles. The zero-order valence-corrected chi connectivity index (χ0v) is 22.1. The molecule has 0 bridgehead atoms. The second kappa shape index (κ2) is 12.1. The summed E-state index contributed by atoms with van der Waals surface area (Å²) in [6, 6.07) is 5.26. The van der Waals surface area contributed by atoms with Gasteiger partial charge in [-0.25, -0.2) is 0 Å². The normalized spacial score (nSPS) is 17.6. The minimum Gasteiger partial charge on any atom is -0.366 e. The average molecular weight is 589 g/mol. The topological polar surface area (TPSA) is 92.8 Å². The van der Waals surface area contributed by atoms with Crippen molar-refractivity contribution in [3.05, 3.63) is 67.8 Å². The maximum atomic E-state index is 13.0. The van der Waals surface area contributed by atoms with Crippen molar-refractivity contribution >= 4 is 22.7 Å². The Labute approximate surface area is 232 Å². The molecule has 2 aliphatic rings. The molecule has 14 heteroatoms. The number of alkyl halides is 6. The first-order chi connectivity index (χ1) is 19.2. The van der Waals surface area contributed by atoms with Crippen molar-refractivity contribution in [1.29, 1.82) is 0 Å². The number of nitro benzene ring substituents is 2. The van der Waals surface area contributed by atoms with Crippen LogP contribution in [0.3, 0.4) is 0 Å². The molecular weight excluding hydrogens is 558 g/mol. The highest BCUT2D eigenvalue weighted by Gasteiger charge is 2.36. The molecule has 2 aromatic carbocycles. The minimum absolute atomic E-state index is 0.196. The van der Waals surface area contributed by atoms with Crippen LogP contribution < -0.4 is 9.80 Å². The number of anilines is 2. The molecule has 4 rings (SSSR count). The van der Waals surface area contributed by atoms with Crippen LogP contribution in [0.5, 0.6) is 0 Å². The Morgan fingerprint density at radius 1 is 0.659 bits per heavy atom. The van der Waals surface area contributed by atoms with Crippen molar-refractivity contribution in [2.75, 3.05) is 36.0 Å². The molecule has 0 spiro atoms. The van der Waals surface area contributed by atoms with Crippen LogP contribution in [0.15, 0.2) is 36.4 Å². The summed E-state index contributed by atoms with van der Waals surface area (Å²) in [5.74, 6) is 0.796. The van der Waals surface area contributed by atoms with Crippen LogP contribution in [-0.2, 0) is 12.4 Å². The first-order valence-electron chi connectivity index (χ1n) is 13.4. The number of nitrogens with zero attached hydrogens (tertiary/aromatic N) is 4. The predicted molar refractivity (Wildman–Crippen MR) is 140 cm³/mol. The molecule has 0 aliphatic carbocycles. The van der Waals surface area contributed by atoms with E-state index in [0.717, 1.165) is 57.1 Å². The van der Waals surface area contributed by atoms with Crippen LogP contribution in [0.4, 0.5) is 49.1 Å². The van der Waals surface area contributed by atoms with Gasteiger partial charge in [-0.15, -0.1) is 0 Å².